The Morgan fingerprint density at radius 2 is 1.85 bits per heavy atom. The lowest BCUT2D eigenvalue weighted by Crippen LogP contribution is -2.22. The van der Waals surface area contributed by atoms with Crippen molar-refractivity contribution < 1.29 is 0 Å². The highest BCUT2D eigenvalue weighted by Gasteiger charge is 2.14. The number of benzene rings is 2. The second-order valence-electron chi connectivity index (χ2n) is 5.70. The molecule has 1 unspecified atom stereocenters. The average molecular weight is 268 g/mol. The first-order valence-electron chi connectivity index (χ1n) is 7.09. The number of nitrogens with zero attached hydrogens (tertiary/aromatic N) is 1. The number of anilines is 1. The van der Waals surface area contributed by atoms with E-state index in [-0.39, 0.29) is 0 Å². The lowest BCUT2D eigenvalue weighted by Gasteiger charge is -2.26. The van der Waals surface area contributed by atoms with Gasteiger partial charge in [0, 0.05) is 18.3 Å². The molecule has 0 aliphatic carbocycles. The average Bonchev–Trinajstić information content (AvgIpc) is 2.38. The molecule has 2 heteroatoms. The molecule has 0 spiro atoms. The lowest BCUT2D eigenvalue weighted by atomic mass is 9.99. The van der Waals surface area contributed by atoms with Crippen LogP contribution in [-0.2, 0) is 6.54 Å². The second-order valence-corrected chi connectivity index (χ2v) is 5.70. The number of aryl methyl sites for hydroxylation is 2. The van der Waals surface area contributed by atoms with Crippen molar-refractivity contribution in [2.24, 2.45) is 0 Å². The third-order valence-electron chi connectivity index (χ3n) is 3.92. The summed E-state index contributed by atoms with van der Waals surface area (Å²) in [6, 6.07) is 15.2. The molecule has 0 radical (unpaired) electrons. The number of nitrogen functional groups attached to an aromatic ring is 1. The molecule has 0 saturated carbocycles. The molecule has 0 bridgehead atoms. The van der Waals surface area contributed by atoms with Crippen LogP contribution in [0, 0.1) is 13.8 Å². The summed E-state index contributed by atoms with van der Waals surface area (Å²) in [6.07, 6.45) is 0. The first-order chi connectivity index (χ1) is 9.47. The van der Waals surface area contributed by atoms with Crippen molar-refractivity contribution in [3.8, 4) is 0 Å². The number of hydrogen-bond donors (Lipinski definition) is 1. The van der Waals surface area contributed by atoms with Crippen LogP contribution >= 0.6 is 0 Å². The van der Waals surface area contributed by atoms with Crippen LogP contribution in [0.3, 0.4) is 0 Å². The maximum atomic E-state index is 5.84. The molecule has 2 aromatic carbocycles. The molecule has 0 saturated heterocycles. The SMILES string of the molecule is Cc1ccc(C(C)N(C)Cc2cccc(N)c2)c(C)c1. The summed E-state index contributed by atoms with van der Waals surface area (Å²) >= 11 is 0. The van der Waals surface area contributed by atoms with E-state index in [1.54, 1.807) is 0 Å². The molecule has 1 atom stereocenters. The van der Waals surface area contributed by atoms with Gasteiger partial charge >= 0.3 is 0 Å². The molecule has 0 fully saturated rings. The molecule has 20 heavy (non-hydrogen) atoms. The Bertz CT molecular complexity index is 590. The Morgan fingerprint density at radius 1 is 1.10 bits per heavy atom. The standard InChI is InChI=1S/C18H24N2/c1-13-8-9-18(14(2)10-13)15(3)20(4)12-16-6-5-7-17(19)11-16/h5-11,15H,12,19H2,1-4H3. The molecule has 2 N–H and O–H groups in total. The van der Waals surface area contributed by atoms with Crippen molar-refractivity contribution in [2.75, 3.05) is 12.8 Å². The van der Waals surface area contributed by atoms with Gasteiger partial charge in [-0.25, -0.2) is 0 Å². The normalized spacial score (nSPS) is 12.7. The van der Waals surface area contributed by atoms with Crippen molar-refractivity contribution in [3.05, 3.63) is 64.7 Å². The van der Waals surface area contributed by atoms with E-state index < -0.39 is 0 Å². The second kappa shape index (κ2) is 6.10. The maximum Gasteiger partial charge on any atom is 0.0322 e. The highest BCUT2D eigenvalue weighted by Crippen LogP contribution is 2.24. The van der Waals surface area contributed by atoms with E-state index >= 15 is 0 Å². The molecule has 106 valence electrons. The quantitative estimate of drug-likeness (QED) is 0.847. The van der Waals surface area contributed by atoms with Gasteiger partial charge in [-0.05, 0) is 56.6 Å². The molecule has 2 nitrogen and oxygen atoms in total. The first kappa shape index (κ1) is 14.6. The summed E-state index contributed by atoms with van der Waals surface area (Å²) in [5.41, 5.74) is 12.0. The highest BCUT2D eigenvalue weighted by molar-refractivity contribution is 5.40. The van der Waals surface area contributed by atoms with Gasteiger partial charge in [0.05, 0.1) is 0 Å². The lowest BCUT2D eigenvalue weighted by molar-refractivity contribution is 0.252. The summed E-state index contributed by atoms with van der Waals surface area (Å²) in [5, 5.41) is 0. The van der Waals surface area contributed by atoms with Gasteiger partial charge in [-0.2, -0.15) is 0 Å². The van der Waals surface area contributed by atoms with E-state index in [4.69, 9.17) is 5.73 Å². The number of rotatable bonds is 4. The third kappa shape index (κ3) is 3.40. The molecule has 0 aliphatic heterocycles. The minimum absolute atomic E-state index is 0.386. The van der Waals surface area contributed by atoms with Crippen molar-refractivity contribution >= 4 is 5.69 Å². The van der Waals surface area contributed by atoms with Crippen molar-refractivity contribution in [2.45, 2.75) is 33.4 Å². The molecule has 0 aliphatic rings. The van der Waals surface area contributed by atoms with Crippen molar-refractivity contribution in [3.63, 3.8) is 0 Å². The summed E-state index contributed by atoms with van der Waals surface area (Å²) in [6.45, 7) is 7.48. The predicted molar refractivity (Wildman–Crippen MR) is 86.7 cm³/mol. The Morgan fingerprint density at radius 3 is 2.50 bits per heavy atom. The Balaban J connectivity index is 2.14. The maximum absolute atomic E-state index is 5.84. The predicted octanol–water partition coefficient (Wildman–Crippen LogP) is 4.08. The van der Waals surface area contributed by atoms with Crippen LogP contribution in [0.2, 0.25) is 0 Å². The minimum Gasteiger partial charge on any atom is -0.399 e. The van der Waals surface area contributed by atoms with Gasteiger partial charge in [-0.15, -0.1) is 0 Å². The van der Waals surface area contributed by atoms with Gasteiger partial charge in [0.15, 0.2) is 0 Å². The van der Waals surface area contributed by atoms with Crippen LogP contribution < -0.4 is 5.73 Å². The smallest absolute Gasteiger partial charge is 0.0322 e. The zero-order valence-electron chi connectivity index (χ0n) is 12.9. The Kier molecular flexibility index (Phi) is 4.46. The third-order valence-corrected chi connectivity index (χ3v) is 3.92. The van der Waals surface area contributed by atoms with Gasteiger partial charge in [0.25, 0.3) is 0 Å². The van der Waals surface area contributed by atoms with Gasteiger partial charge in [-0.1, -0.05) is 35.9 Å². The fraction of sp³-hybridized carbons (Fsp3) is 0.333. The monoisotopic (exact) mass is 268 g/mol. The largest absolute Gasteiger partial charge is 0.399 e. The molecule has 2 aromatic rings. The Hall–Kier alpha value is -1.80. The summed E-state index contributed by atoms with van der Waals surface area (Å²) in [7, 11) is 2.16. The molecule has 0 amide bonds. The fourth-order valence-corrected chi connectivity index (χ4v) is 2.65. The summed E-state index contributed by atoms with van der Waals surface area (Å²) in [5.74, 6) is 0. The van der Waals surface area contributed by atoms with Gasteiger partial charge < -0.3 is 5.73 Å². The number of hydrogen-bond acceptors (Lipinski definition) is 2. The van der Waals surface area contributed by atoms with Crippen LogP contribution in [0.5, 0.6) is 0 Å². The summed E-state index contributed by atoms with van der Waals surface area (Å²) < 4.78 is 0. The van der Waals surface area contributed by atoms with E-state index in [2.05, 4.69) is 57.0 Å². The van der Waals surface area contributed by atoms with E-state index in [0.717, 1.165) is 12.2 Å². The van der Waals surface area contributed by atoms with E-state index in [1.807, 2.05) is 18.2 Å². The van der Waals surface area contributed by atoms with E-state index in [0.29, 0.717) is 6.04 Å². The fourth-order valence-electron chi connectivity index (χ4n) is 2.65. The highest BCUT2D eigenvalue weighted by atomic mass is 15.1. The number of nitrogens with two attached hydrogens (primary N) is 1. The van der Waals surface area contributed by atoms with Crippen LogP contribution in [0.4, 0.5) is 5.69 Å². The van der Waals surface area contributed by atoms with E-state index in [1.165, 1.54) is 22.3 Å². The molecule has 2 rings (SSSR count). The molecular formula is C18H24N2. The zero-order valence-corrected chi connectivity index (χ0v) is 12.9. The zero-order chi connectivity index (χ0) is 14.7. The van der Waals surface area contributed by atoms with Crippen LogP contribution in [0.15, 0.2) is 42.5 Å². The van der Waals surface area contributed by atoms with Gasteiger partial charge in [0.2, 0.25) is 0 Å². The Labute approximate surface area is 122 Å². The van der Waals surface area contributed by atoms with Crippen LogP contribution in [0.25, 0.3) is 0 Å². The molecule has 0 aromatic heterocycles. The van der Waals surface area contributed by atoms with Gasteiger partial charge in [0.1, 0.15) is 0 Å². The van der Waals surface area contributed by atoms with Gasteiger partial charge in [-0.3, -0.25) is 4.90 Å². The van der Waals surface area contributed by atoms with Crippen LogP contribution in [0.1, 0.15) is 35.2 Å². The van der Waals surface area contributed by atoms with Crippen molar-refractivity contribution in [1.29, 1.82) is 0 Å². The summed E-state index contributed by atoms with van der Waals surface area (Å²) in [4.78, 5) is 2.35. The van der Waals surface area contributed by atoms with E-state index in [9.17, 15) is 0 Å². The van der Waals surface area contributed by atoms with Crippen LogP contribution in [-0.4, -0.2) is 11.9 Å². The first-order valence-corrected chi connectivity index (χ1v) is 7.09. The topological polar surface area (TPSA) is 29.3 Å². The molecular weight excluding hydrogens is 244 g/mol. The minimum atomic E-state index is 0.386. The molecule has 0 heterocycles. The van der Waals surface area contributed by atoms with Crippen molar-refractivity contribution in [1.82, 2.24) is 4.90 Å².